The second kappa shape index (κ2) is 3.82. The van der Waals surface area contributed by atoms with E-state index in [0.717, 1.165) is 18.4 Å². The van der Waals surface area contributed by atoms with Crippen LogP contribution < -0.4 is 0 Å². The molecule has 2 bridgehead atoms. The summed E-state index contributed by atoms with van der Waals surface area (Å²) in [6.45, 7) is 8.24. The van der Waals surface area contributed by atoms with Crippen molar-refractivity contribution in [2.45, 2.75) is 33.1 Å². The van der Waals surface area contributed by atoms with E-state index in [4.69, 9.17) is 0 Å². The van der Waals surface area contributed by atoms with Gasteiger partial charge in [-0.1, -0.05) is 13.8 Å². The van der Waals surface area contributed by atoms with Crippen LogP contribution >= 0.6 is 0 Å². The second-order valence-corrected chi connectivity index (χ2v) is 6.06. The van der Waals surface area contributed by atoms with Crippen LogP contribution in [-0.2, 0) is 0 Å². The predicted molar refractivity (Wildman–Crippen MR) is 58.1 cm³/mol. The third-order valence-corrected chi connectivity index (χ3v) is 3.76. The van der Waals surface area contributed by atoms with E-state index in [1.165, 1.54) is 32.4 Å². The smallest absolute Gasteiger partial charge is 0.0494 e. The van der Waals surface area contributed by atoms with Crippen LogP contribution in [0.1, 0.15) is 33.1 Å². The highest BCUT2D eigenvalue weighted by Crippen LogP contribution is 2.37. The Morgan fingerprint density at radius 1 is 1.21 bits per heavy atom. The van der Waals surface area contributed by atoms with Gasteiger partial charge < -0.3 is 10.0 Å². The molecule has 1 aliphatic carbocycles. The molecule has 1 N–H and O–H groups in total. The van der Waals surface area contributed by atoms with Gasteiger partial charge in [0.15, 0.2) is 0 Å². The first-order chi connectivity index (χ1) is 6.59. The minimum absolute atomic E-state index is 0.0801. The maximum absolute atomic E-state index is 9.25. The average molecular weight is 197 g/mol. The maximum atomic E-state index is 9.25. The fourth-order valence-electron chi connectivity index (χ4n) is 3.10. The van der Waals surface area contributed by atoms with Crippen molar-refractivity contribution in [3.8, 4) is 0 Å². The molecule has 2 unspecified atom stereocenters. The molecule has 2 aliphatic rings. The monoisotopic (exact) mass is 197 g/mol. The maximum Gasteiger partial charge on any atom is 0.0494 e. The van der Waals surface area contributed by atoms with Crippen LogP contribution in [0.15, 0.2) is 0 Å². The highest BCUT2D eigenvalue weighted by molar-refractivity contribution is 4.87. The predicted octanol–water partition coefficient (Wildman–Crippen LogP) is 1.74. The third-order valence-electron chi connectivity index (χ3n) is 3.76. The summed E-state index contributed by atoms with van der Waals surface area (Å²) in [4.78, 5) is 2.57. The number of aliphatic hydroxyl groups is 1. The lowest BCUT2D eigenvalue weighted by Crippen LogP contribution is -2.43. The molecule has 14 heavy (non-hydrogen) atoms. The van der Waals surface area contributed by atoms with Gasteiger partial charge in [-0.25, -0.2) is 0 Å². The number of likely N-dealkylation sites (tertiary alicyclic amines) is 1. The largest absolute Gasteiger partial charge is 0.396 e. The summed E-state index contributed by atoms with van der Waals surface area (Å²) in [5.41, 5.74) is 0.0801. The molecule has 2 fully saturated rings. The fourth-order valence-corrected chi connectivity index (χ4v) is 3.10. The Morgan fingerprint density at radius 2 is 1.79 bits per heavy atom. The summed E-state index contributed by atoms with van der Waals surface area (Å²) in [7, 11) is 0. The molecule has 0 aromatic carbocycles. The lowest BCUT2D eigenvalue weighted by atomic mass is 9.91. The molecule has 0 aromatic heterocycles. The number of fused-ring (bicyclic) bond motifs is 2. The molecular weight excluding hydrogens is 174 g/mol. The zero-order valence-electron chi connectivity index (χ0n) is 9.50. The summed E-state index contributed by atoms with van der Waals surface area (Å²) in [5, 5.41) is 9.25. The standard InChI is InChI=1S/C12H23NO/c1-12(2,9-14)8-13-6-10-3-4-11(5-10)7-13/h10-11,14H,3-9H2,1-2H3. The Kier molecular flexibility index (Phi) is 2.85. The Bertz CT molecular complexity index is 190. The molecule has 0 spiro atoms. The molecule has 0 amide bonds. The van der Waals surface area contributed by atoms with Crippen LogP contribution in [0.3, 0.4) is 0 Å². The van der Waals surface area contributed by atoms with Crippen LogP contribution in [0.25, 0.3) is 0 Å². The van der Waals surface area contributed by atoms with Crippen LogP contribution in [0.5, 0.6) is 0 Å². The van der Waals surface area contributed by atoms with E-state index in [-0.39, 0.29) is 5.41 Å². The van der Waals surface area contributed by atoms with Gasteiger partial charge in [0.1, 0.15) is 0 Å². The number of rotatable bonds is 3. The molecule has 2 nitrogen and oxygen atoms in total. The van der Waals surface area contributed by atoms with Gasteiger partial charge in [0.05, 0.1) is 0 Å². The zero-order chi connectivity index (χ0) is 10.2. The van der Waals surface area contributed by atoms with Gasteiger partial charge in [0.25, 0.3) is 0 Å². The van der Waals surface area contributed by atoms with Gasteiger partial charge in [-0.3, -0.25) is 0 Å². The van der Waals surface area contributed by atoms with Crippen molar-refractivity contribution in [3.05, 3.63) is 0 Å². The third kappa shape index (κ3) is 2.29. The molecule has 0 aromatic rings. The minimum atomic E-state index is 0.0801. The van der Waals surface area contributed by atoms with Gasteiger partial charge in [-0.05, 0) is 31.1 Å². The quantitative estimate of drug-likeness (QED) is 0.745. The van der Waals surface area contributed by atoms with Crippen molar-refractivity contribution < 1.29 is 5.11 Å². The van der Waals surface area contributed by atoms with Crippen LogP contribution in [0.2, 0.25) is 0 Å². The normalized spacial score (nSPS) is 33.6. The SMILES string of the molecule is CC(C)(CO)CN1CC2CCC(C2)C1. The van der Waals surface area contributed by atoms with Gasteiger partial charge in [-0.2, -0.15) is 0 Å². The molecule has 1 heterocycles. The number of piperidine rings is 1. The van der Waals surface area contributed by atoms with E-state index in [1.807, 2.05) is 0 Å². The summed E-state index contributed by atoms with van der Waals surface area (Å²) in [6, 6.07) is 0. The zero-order valence-corrected chi connectivity index (χ0v) is 9.50. The van der Waals surface area contributed by atoms with Crippen molar-refractivity contribution >= 4 is 0 Å². The molecular formula is C12H23NO. The molecule has 2 atom stereocenters. The Morgan fingerprint density at radius 3 is 2.29 bits per heavy atom. The Balaban J connectivity index is 1.88. The fraction of sp³-hybridized carbons (Fsp3) is 1.00. The van der Waals surface area contributed by atoms with E-state index in [9.17, 15) is 5.11 Å². The molecule has 2 heteroatoms. The van der Waals surface area contributed by atoms with Crippen molar-refractivity contribution in [2.75, 3.05) is 26.2 Å². The van der Waals surface area contributed by atoms with Crippen molar-refractivity contribution in [1.29, 1.82) is 0 Å². The van der Waals surface area contributed by atoms with Crippen molar-refractivity contribution in [3.63, 3.8) is 0 Å². The molecule has 1 aliphatic heterocycles. The Hall–Kier alpha value is -0.0800. The average Bonchev–Trinajstić information content (AvgIpc) is 2.45. The van der Waals surface area contributed by atoms with E-state index < -0.39 is 0 Å². The van der Waals surface area contributed by atoms with Crippen molar-refractivity contribution in [2.24, 2.45) is 17.3 Å². The van der Waals surface area contributed by atoms with E-state index >= 15 is 0 Å². The highest BCUT2D eigenvalue weighted by atomic mass is 16.3. The number of hydrogen-bond donors (Lipinski definition) is 1. The summed E-state index contributed by atoms with van der Waals surface area (Å²) < 4.78 is 0. The lowest BCUT2D eigenvalue weighted by molar-refractivity contribution is 0.0736. The minimum Gasteiger partial charge on any atom is -0.396 e. The molecule has 1 saturated heterocycles. The van der Waals surface area contributed by atoms with E-state index in [2.05, 4.69) is 18.7 Å². The summed E-state index contributed by atoms with van der Waals surface area (Å²) >= 11 is 0. The number of aliphatic hydroxyl groups excluding tert-OH is 1. The summed E-state index contributed by atoms with van der Waals surface area (Å²) in [6.07, 6.45) is 4.36. The second-order valence-electron chi connectivity index (χ2n) is 6.06. The van der Waals surface area contributed by atoms with Gasteiger partial charge in [0, 0.05) is 31.7 Å². The number of nitrogens with zero attached hydrogens (tertiary/aromatic N) is 1. The summed E-state index contributed by atoms with van der Waals surface area (Å²) in [5.74, 6) is 1.92. The van der Waals surface area contributed by atoms with Crippen LogP contribution in [0, 0.1) is 17.3 Å². The molecule has 2 rings (SSSR count). The van der Waals surface area contributed by atoms with Gasteiger partial charge >= 0.3 is 0 Å². The van der Waals surface area contributed by atoms with Gasteiger partial charge in [0.2, 0.25) is 0 Å². The molecule has 1 saturated carbocycles. The first-order valence-corrected chi connectivity index (χ1v) is 5.92. The van der Waals surface area contributed by atoms with Crippen molar-refractivity contribution in [1.82, 2.24) is 4.90 Å². The van der Waals surface area contributed by atoms with Gasteiger partial charge in [-0.15, -0.1) is 0 Å². The van der Waals surface area contributed by atoms with Crippen LogP contribution in [-0.4, -0.2) is 36.2 Å². The lowest BCUT2D eigenvalue weighted by Gasteiger charge is -2.36. The van der Waals surface area contributed by atoms with E-state index in [1.54, 1.807) is 0 Å². The highest BCUT2D eigenvalue weighted by Gasteiger charge is 2.34. The first-order valence-electron chi connectivity index (χ1n) is 5.92. The van der Waals surface area contributed by atoms with Crippen LogP contribution in [0.4, 0.5) is 0 Å². The topological polar surface area (TPSA) is 23.5 Å². The Labute approximate surface area is 87.3 Å². The molecule has 82 valence electrons. The molecule has 0 radical (unpaired) electrons. The first kappa shape index (κ1) is 10.4. The van der Waals surface area contributed by atoms with E-state index in [0.29, 0.717) is 6.61 Å². The number of hydrogen-bond acceptors (Lipinski definition) is 2.